The van der Waals surface area contributed by atoms with Crippen LogP contribution in [0.2, 0.25) is 0 Å². The van der Waals surface area contributed by atoms with Crippen LogP contribution in [0.1, 0.15) is 5.69 Å². The van der Waals surface area contributed by atoms with Gasteiger partial charge in [0.15, 0.2) is 5.76 Å². The zero-order valence-corrected chi connectivity index (χ0v) is 11.6. The molecule has 102 valence electrons. The van der Waals surface area contributed by atoms with Crippen molar-refractivity contribution in [2.45, 2.75) is 6.92 Å². The maximum atomic E-state index is 5.74. The van der Waals surface area contributed by atoms with Gasteiger partial charge in [-0.25, -0.2) is 9.97 Å². The highest BCUT2D eigenvalue weighted by molar-refractivity contribution is 5.85. The van der Waals surface area contributed by atoms with E-state index in [2.05, 4.69) is 15.0 Å². The Hall–Kier alpha value is -2.40. The minimum atomic E-state index is 0. The predicted octanol–water partition coefficient (Wildman–Crippen LogP) is 3.11. The molecule has 3 aromatic heterocycles. The summed E-state index contributed by atoms with van der Waals surface area (Å²) in [4.78, 5) is 12.6. The third-order valence-electron chi connectivity index (χ3n) is 2.83. The van der Waals surface area contributed by atoms with Gasteiger partial charge in [-0.05, 0) is 36.8 Å². The van der Waals surface area contributed by atoms with Crippen LogP contribution < -0.4 is 5.73 Å². The number of hydrogen-bond acceptors (Lipinski definition) is 5. The van der Waals surface area contributed by atoms with Crippen LogP contribution in [0, 0.1) is 6.92 Å². The molecule has 0 saturated heterocycles. The van der Waals surface area contributed by atoms with E-state index in [9.17, 15) is 0 Å². The second-order valence-electron chi connectivity index (χ2n) is 4.10. The van der Waals surface area contributed by atoms with Gasteiger partial charge in [-0.15, -0.1) is 12.4 Å². The van der Waals surface area contributed by atoms with E-state index in [0.29, 0.717) is 11.5 Å². The molecule has 0 aliphatic carbocycles. The highest BCUT2D eigenvalue weighted by Gasteiger charge is 2.16. The topological polar surface area (TPSA) is 77.8 Å². The van der Waals surface area contributed by atoms with E-state index < -0.39 is 0 Å². The van der Waals surface area contributed by atoms with Crippen LogP contribution in [0.25, 0.3) is 22.6 Å². The summed E-state index contributed by atoms with van der Waals surface area (Å²) >= 11 is 0. The van der Waals surface area contributed by atoms with Crippen LogP contribution in [0.4, 0.5) is 5.95 Å². The van der Waals surface area contributed by atoms with Crippen LogP contribution in [0.15, 0.2) is 47.3 Å². The summed E-state index contributed by atoms with van der Waals surface area (Å²) < 4.78 is 5.43. The smallest absolute Gasteiger partial charge is 0.220 e. The highest BCUT2D eigenvalue weighted by atomic mass is 35.5. The lowest BCUT2D eigenvalue weighted by Gasteiger charge is -2.10. The first-order valence-electron chi connectivity index (χ1n) is 5.84. The molecule has 6 heteroatoms. The molecule has 0 saturated carbocycles. The maximum absolute atomic E-state index is 5.74. The number of furan rings is 1. The van der Waals surface area contributed by atoms with Crippen LogP contribution in [-0.4, -0.2) is 15.0 Å². The second-order valence-corrected chi connectivity index (χ2v) is 4.10. The normalized spacial score (nSPS) is 10.1. The van der Waals surface area contributed by atoms with Gasteiger partial charge in [-0.3, -0.25) is 4.98 Å². The van der Waals surface area contributed by atoms with Gasteiger partial charge in [-0.2, -0.15) is 0 Å². The van der Waals surface area contributed by atoms with Crippen molar-refractivity contribution in [1.82, 2.24) is 15.0 Å². The van der Waals surface area contributed by atoms with Gasteiger partial charge in [0.05, 0.1) is 12.0 Å². The molecule has 20 heavy (non-hydrogen) atoms. The lowest BCUT2D eigenvalue weighted by Crippen LogP contribution is -2.02. The van der Waals surface area contributed by atoms with Gasteiger partial charge >= 0.3 is 0 Å². The van der Waals surface area contributed by atoms with E-state index in [-0.39, 0.29) is 18.4 Å². The first kappa shape index (κ1) is 14.0. The Morgan fingerprint density at radius 2 is 1.85 bits per heavy atom. The number of nitrogen functional groups attached to an aromatic ring is 1. The van der Waals surface area contributed by atoms with Gasteiger partial charge in [0.1, 0.15) is 5.69 Å². The van der Waals surface area contributed by atoms with Gasteiger partial charge in [0, 0.05) is 18.0 Å². The minimum absolute atomic E-state index is 0. The van der Waals surface area contributed by atoms with Crippen molar-refractivity contribution >= 4 is 18.4 Å². The molecule has 0 fully saturated rings. The summed E-state index contributed by atoms with van der Waals surface area (Å²) in [5.41, 5.74) is 9.14. The summed E-state index contributed by atoms with van der Waals surface area (Å²) in [6.45, 7) is 1.90. The lowest BCUT2D eigenvalue weighted by molar-refractivity contribution is 0.580. The fourth-order valence-electron chi connectivity index (χ4n) is 2.05. The number of hydrogen-bond donors (Lipinski definition) is 1. The molecule has 0 spiro atoms. The Balaban J connectivity index is 0.00000147. The number of aromatic nitrogens is 3. The van der Waals surface area contributed by atoms with E-state index in [1.54, 1.807) is 18.7 Å². The highest BCUT2D eigenvalue weighted by Crippen LogP contribution is 2.32. The summed E-state index contributed by atoms with van der Waals surface area (Å²) in [5.74, 6) is 0.908. The molecule has 0 unspecified atom stereocenters. The SMILES string of the molecule is Cc1nc(N)nc(-c2ccco2)c1-c1ccncc1.Cl. The van der Waals surface area contributed by atoms with Crippen molar-refractivity contribution in [2.75, 3.05) is 5.73 Å². The largest absolute Gasteiger partial charge is 0.463 e. The zero-order chi connectivity index (χ0) is 13.2. The monoisotopic (exact) mass is 288 g/mol. The number of anilines is 1. The fourth-order valence-corrected chi connectivity index (χ4v) is 2.05. The molecule has 0 atom stereocenters. The fraction of sp³-hybridized carbons (Fsp3) is 0.0714. The van der Waals surface area contributed by atoms with Crippen LogP contribution in [0.3, 0.4) is 0 Å². The van der Waals surface area contributed by atoms with Crippen molar-refractivity contribution < 1.29 is 4.42 Å². The summed E-state index contributed by atoms with van der Waals surface area (Å²) in [6.07, 6.45) is 5.08. The Kier molecular flexibility index (Phi) is 4.00. The third-order valence-corrected chi connectivity index (χ3v) is 2.83. The zero-order valence-electron chi connectivity index (χ0n) is 10.8. The third kappa shape index (κ3) is 2.48. The van der Waals surface area contributed by atoms with Crippen molar-refractivity contribution in [1.29, 1.82) is 0 Å². The Morgan fingerprint density at radius 1 is 1.10 bits per heavy atom. The van der Waals surface area contributed by atoms with Crippen molar-refractivity contribution in [3.05, 3.63) is 48.6 Å². The Bertz CT molecular complexity index is 699. The quantitative estimate of drug-likeness (QED) is 0.784. The molecule has 0 amide bonds. The van der Waals surface area contributed by atoms with E-state index in [0.717, 1.165) is 16.8 Å². The Labute approximate surface area is 122 Å². The molecule has 0 radical (unpaired) electrons. The van der Waals surface area contributed by atoms with E-state index in [4.69, 9.17) is 10.2 Å². The van der Waals surface area contributed by atoms with Gasteiger partial charge in [0.2, 0.25) is 5.95 Å². The van der Waals surface area contributed by atoms with Crippen molar-refractivity contribution in [3.8, 4) is 22.6 Å². The van der Waals surface area contributed by atoms with Crippen molar-refractivity contribution in [2.24, 2.45) is 0 Å². The van der Waals surface area contributed by atoms with Gasteiger partial charge in [0.25, 0.3) is 0 Å². The number of nitrogens with two attached hydrogens (primary N) is 1. The molecule has 0 bridgehead atoms. The summed E-state index contributed by atoms with van der Waals surface area (Å²) in [5, 5.41) is 0. The average molecular weight is 289 g/mol. The molecule has 0 aliphatic heterocycles. The predicted molar refractivity (Wildman–Crippen MR) is 79.4 cm³/mol. The van der Waals surface area contributed by atoms with Gasteiger partial charge in [-0.1, -0.05) is 0 Å². The second kappa shape index (κ2) is 5.71. The molecule has 3 rings (SSSR count). The first-order chi connectivity index (χ1) is 9.25. The molecule has 5 nitrogen and oxygen atoms in total. The van der Waals surface area contributed by atoms with Crippen LogP contribution in [-0.2, 0) is 0 Å². The number of nitrogens with zero attached hydrogens (tertiary/aromatic N) is 3. The summed E-state index contributed by atoms with van der Waals surface area (Å²) in [6, 6.07) is 7.49. The molecule has 2 N–H and O–H groups in total. The molecule has 3 heterocycles. The average Bonchev–Trinajstić information content (AvgIpc) is 2.92. The molecular formula is C14H13ClN4O. The van der Waals surface area contributed by atoms with E-state index in [1.807, 2.05) is 31.2 Å². The number of rotatable bonds is 2. The molecule has 0 aromatic carbocycles. The number of aryl methyl sites for hydroxylation is 1. The maximum Gasteiger partial charge on any atom is 0.220 e. The Morgan fingerprint density at radius 3 is 2.50 bits per heavy atom. The van der Waals surface area contributed by atoms with Crippen LogP contribution >= 0.6 is 12.4 Å². The van der Waals surface area contributed by atoms with Gasteiger partial charge < -0.3 is 10.2 Å². The van der Waals surface area contributed by atoms with Crippen molar-refractivity contribution in [3.63, 3.8) is 0 Å². The summed E-state index contributed by atoms with van der Waals surface area (Å²) in [7, 11) is 0. The standard InChI is InChI=1S/C14H12N4O.ClH/c1-9-12(10-4-6-16-7-5-10)13(18-14(15)17-9)11-3-2-8-19-11;/h2-8H,1H3,(H2,15,17,18);1H. The number of halogens is 1. The number of pyridine rings is 1. The molecular weight excluding hydrogens is 276 g/mol. The molecule has 0 aliphatic rings. The van der Waals surface area contributed by atoms with E-state index >= 15 is 0 Å². The van der Waals surface area contributed by atoms with E-state index in [1.165, 1.54) is 0 Å². The molecule has 3 aromatic rings. The minimum Gasteiger partial charge on any atom is -0.463 e. The first-order valence-corrected chi connectivity index (χ1v) is 5.84. The van der Waals surface area contributed by atoms with Crippen LogP contribution in [0.5, 0.6) is 0 Å². The lowest BCUT2D eigenvalue weighted by atomic mass is 10.0.